The predicted octanol–water partition coefficient (Wildman–Crippen LogP) is 1.95. The minimum Gasteiger partial charge on any atom is -0.358 e. The summed E-state index contributed by atoms with van der Waals surface area (Å²) in [6.07, 6.45) is 1.23. The lowest BCUT2D eigenvalue weighted by Gasteiger charge is -2.01. The number of halogens is 2. The number of aromatic nitrogens is 2. The molecule has 0 aliphatic carbocycles. The maximum atomic E-state index is 13.3. The van der Waals surface area contributed by atoms with Gasteiger partial charge < -0.3 is 10.1 Å². The quantitative estimate of drug-likeness (QED) is 0.482. The summed E-state index contributed by atoms with van der Waals surface area (Å²) in [4.78, 5) is 21.4. The lowest BCUT2D eigenvalue weighted by atomic mass is 10.1. The van der Waals surface area contributed by atoms with Crippen molar-refractivity contribution in [2.45, 2.75) is 6.54 Å². The number of benzene rings is 1. The fourth-order valence-electron chi connectivity index (χ4n) is 1.48. The minimum atomic E-state index is -0.980. The van der Waals surface area contributed by atoms with Gasteiger partial charge in [0.25, 0.3) is 0 Å². The Hall–Kier alpha value is -2.64. The van der Waals surface area contributed by atoms with Gasteiger partial charge in [-0.1, -0.05) is 0 Å². The zero-order valence-electron chi connectivity index (χ0n) is 9.42. The third-order valence-electron chi connectivity index (χ3n) is 2.35. The monoisotopic (exact) mass is 267 g/mol. The van der Waals surface area contributed by atoms with E-state index in [4.69, 9.17) is 0 Å². The smallest absolute Gasteiger partial charge is 0.358 e. The van der Waals surface area contributed by atoms with Crippen LogP contribution in [0.1, 0.15) is 10.4 Å². The van der Waals surface area contributed by atoms with Crippen LogP contribution in [0.4, 0.5) is 14.6 Å². The van der Waals surface area contributed by atoms with E-state index in [0.717, 1.165) is 22.9 Å². The van der Waals surface area contributed by atoms with Crippen molar-refractivity contribution in [2.75, 3.05) is 0 Å². The van der Waals surface area contributed by atoms with Crippen LogP contribution in [0, 0.1) is 21.7 Å². The normalized spacial score (nSPS) is 10.4. The van der Waals surface area contributed by atoms with E-state index in [-0.39, 0.29) is 12.1 Å². The van der Waals surface area contributed by atoms with Crippen LogP contribution in [0.15, 0.2) is 30.5 Å². The summed E-state index contributed by atoms with van der Waals surface area (Å²) < 4.78 is 27.0. The molecule has 2 aromatic rings. The topological polar surface area (TPSA) is 78.0 Å². The Labute approximate surface area is 105 Å². The van der Waals surface area contributed by atoms with Crippen molar-refractivity contribution in [1.82, 2.24) is 9.78 Å². The molecule has 0 atom stereocenters. The predicted molar refractivity (Wildman–Crippen MR) is 59.6 cm³/mol. The van der Waals surface area contributed by atoms with Gasteiger partial charge in [0.15, 0.2) is 5.78 Å². The number of Topliss-reactive ketones (excluding diaryl/α,β-unsaturated/α-hetero) is 1. The maximum Gasteiger partial charge on any atom is 0.389 e. The van der Waals surface area contributed by atoms with Gasteiger partial charge in [-0.2, -0.15) is 4.68 Å². The number of nitrogens with zero attached hydrogens (tertiary/aromatic N) is 3. The van der Waals surface area contributed by atoms with Crippen molar-refractivity contribution >= 4 is 11.6 Å². The van der Waals surface area contributed by atoms with Crippen LogP contribution in [0.25, 0.3) is 0 Å². The fourth-order valence-corrected chi connectivity index (χ4v) is 1.48. The van der Waals surface area contributed by atoms with Crippen molar-refractivity contribution in [3.05, 3.63) is 57.8 Å². The molecule has 0 radical (unpaired) electrons. The summed E-state index contributed by atoms with van der Waals surface area (Å²) in [7, 11) is 0. The molecule has 0 aliphatic heterocycles. The Morgan fingerprint density at radius 3 is 2.68 bits per heavy atom. The lowest BCUT2D eigenvalue weighted by Crippen LogP contribution is -2.12. The van der Waals surface area contributed by atoms with Crippen LogP contribution >= 0.6 is 0 Å². The van der Waals surface area contributed by atoms with E-state index >= 15 is 0 Å². The average molecular weight is 267 g/mol. The summed E-state index contributed by atoms with van der Waals surface area (Å²) in [5, 5.41) is 13.9. The van der Waals surface area contributed by atoms with E-state index in [1.807, 2.05) is 0 Å². The number of hydrogen-bond donors (Lipinski definition) is 0. The number of carbonyl (C=O) groups is 1. The molecule has 0 saturated heterocycles. The molecule has 0 spiro atoms. The van der Waals surface area contributed by atoms with Crippen molar-refractivity contribution in [3.63, 3.8) is 0 Å². The van der Waals surface area contributed by atoms with E-state index in [0.29, 0.717) is 6.07 Å². The number of carbonyl (C=O) groups excluding carboxylic acids is 1. The molecule has 0 amide bonds. The van der Waals surface area contributed by atoms with Crippen molar-refractivity contribution in [3.8, 4) is 0 Å². The minimum absolute atomic E-state index is 0.292. The lowest BCUT2D eigenvalue weighted by molar-refractivity contribution is -0.389. The Morgan fingerprint density at radius 2 is 2.11 bits per heavy atom. The first-order chi connectivity index (χ1) is 8.97. The molecule has 0 saturated carbocycles. The Balaban J connectivity index is 2.18. The highest BCUT2D eigenvalue weighted by atomic mass is 19.1. The second kappa shape index (κ2) is 4.92. The van der Waals surface area contributed by atoms with Gasteiger partial charge in [-0.15, -0.1) is 0 Å². The van der Waals surface area contributed by atoms with Crippen molar-refractivity contribution in [1.29, 1.82) is 0 Å². The Bertz CT molecular complexity index is 654. The van der Waals surface area contributed by atoms with Gasteiger partial charge in [0.1, 0.15) is 18.2 Å². The van der Waals surface area contributed by atoms with Crippen molar-refractivity contribution in [2.24, 2.45) is 0 Å². The molecule has 0 fully saturated rings. The first kappa shape index (κ1) is 12.8. The van der Waals surface area contributed by atoms with E-state index < -0.39 is 28.2 Å². The van der Waals surface area contributed by atoms with Gasteiger partial charge >= 0.3 is 5.82 Å². The molecular formula is C11H7F2N3O3. The highest BCUT2D eigenvalue weighted by Crippen LogP contribution is 2.12. The first-order valence-electron chi connectivity index (χ1n) is 5.13. The third-order valence-corrected chi connectivity index (χ3v) is 2.35. The third kappa shape index (κ3) is 2.79. The second-order valence-electron chi connectivity index (χ2n) is 3.68. The highest BCUT2D eigenvalue weighted by Gasteiger charge is 2.17. The SMILES string of the molecule is O=C(Cn1ccc([N+](=O)[O-])n1)c1ccc(F)cc1F. The molecule has 0 N–H and O–H groups in total. The van der Waals surface area contributed by atoms with E-state index in [9.17, 15) is 23.7 Å². The summed E-state index contributed by atoms with van der Waals surface area (Å²) in [5.41, 5.74) is -0.292. The molecule has 19 heavy (non-hydrogen) atoms. The van der Waals surface area contributed by atoms with Crippen LogP contribution < -0.4 is 0 Å². The molecule has 0 bridgehead atoms. The zero-order valence-corrected chi connectivity index (χ0v) is 9.42. The van der Waals surface area contributed by atoms with Crippen LogP contribution in [0.5, 0.6) is 0 Å². The molecule has 6 nitrogen and oxygen atoms in total. The molecular weight excluding hydrogens is 260 g/mol. The van der Waals surface area contributed by atoms with Crippen molar-refractivity contribution < 1.29 is 18.5 Å². The standard InChI is InChI=1S/C11H7F2N3O3/c12-7-1-2-8(9(13)5-7)10(17)6-15-4-3-11(14-15)16(18)19/h1-5H,6H2. The largest absolute Gasteiger partial charge is 0.389 e. The molecule has 8 heteroatoms. The molecule has 1 aromatic carbocycles. The van der Waals surface area contributed by atoms with E-state index in [1.165, 1.54) is 6.20 Å². The molecule has 2 rings (SSSR count). The molecule has 0 unspecified atom stereocenters. The highest BCUT2D eigenvalue weighted by molar-refractivity contribution is 5.96. The number of rotatable bonds is 4. The molecule has 0 aliphatic rings. The Kier molecular flexibility index (Phi) is 3.32. The first-order valence-corrected chi connectivity index (χ1v) is 5.13. The summed E-state index contributed by atoms with van der Waals surface area (Å²) in [6, 6.07) is 3.69. The zero-order chi connectivity index (χ0) is 14.0. The maximum absolute atomic E-state index is 13.3. The van der Waals surface area contributed by atoms with Crippen LogP contribution in [0.2, 0.25) is 0 Å². The van der Waals surface area contributed by atoms with Gasteiger partial charge in [0, 0.05) is 6.07 Å². The summed E-state index contributed by atoms with van der Waals surface area (Å²) >= 11 is 0. The van der Waals surface area contributed by atoms with Gasteiger partial charge in [0.05, 0.1) is 22.9 Å². The van der Waals surface area contributed by atoms with Crippen LogP contribution in [0.3, 0.4) is 0 Å². The average Bonchev–Trinajstić information content (AvgIpc) is 2.77. The van der Waals surface area contributed by atoms with Gasteiger partial charge in [-0.05, 0) is 17.1 Å². The molecule has 1 aromatic heterocycles. The van der Waals surface area contributed by atoms with Gasteiger partial charge in [0.2, 0.25) is 0 Å². The van der Waals surface area contributed by atoms with E-state index in [1.54, 1.807) is 0 Å². The van der Waals surface area contributed by atoms with Crippen LogP contribution in [-0.2, 0) is 6.54 Å². The molecule has 1 heterocycles. The number of nitro groups is 1. The van der Waals surface area contributed by atoms with Gasteiger partial charge in [-0.25, -0.2) is 8.78 Å². The number of hydrogen-bond acceptors (Lipinski definition) is 4. The second-order valence-corrected chi connectivity index (χ2v) is 3.68. The fraction of sp³-hybridized carbons (Fsp3) is 0.0909. The number of ketones is 1. The molecule has 98 valence electrons. The summed E-state index contributed by atoms with van der Waals surface area (Å²) in [6.45, 7) is -0.365. The van der Waals surface area contributed by atoms with E-state index in [2.05, 4.69) is 5.10 Å². The summed E-state index contributed by atoms with van der Waals surface area (Å²) in [5.74, 6) is -2.83. The Morgan fingerprint density at radius 1 is 1.37 bits per heavy atom. The van der Waals surface area contributed by atoms with Gasteiger partial charge in [-0.3, -0.25) is 4.79 Å². The van der Waals surface area contributed by atoms with Crippen LogP contribution in [-0.4, -0.2) is 20.5 Å².